The second-order valence-electron chi connectivity index (χ2n) is 4.73. The van der Waals surface area contributed by atoms with Gasteiger partial charge in [0, 0.05) is 29.9 Å². The molecule has 0 aliphatic heterocycles. The summed E-state index contributed by atoms with van der Waals surface area (Å²) >= 11 is 0. The molecule has 2 rings (SSSR count). The fourth-order valence-electron chi connectivity index (χ4n) is 2.43. The Morgan fingerprint density at radius 3 is 2.33 bits per heavy atom. The van der Waals surface area contributed by atoms with Crippen LogP contribution >= 0.6 is 0 Å². The van der Waals surface area contributed by atoms with Gasteiger partial charge in [-0.25, -0.2) is 0 Å². The van der Waals surface area contributed by atoms with Gasteiger partial charge in [-0.05, 0) is 38.1 Å². The Kier molecular flexibility index (Phi) is 4.58. The van der Waals surface area contributed by atoms with Crippen LogP contribution in [0.15, 0.2) is 36.4 Å². The van der Waals surface area contributed by atoms with Crippen LogP contribution in [-0.2, 0) is 0 Å². The number of phenols is 2. The van der Waals surface area contributed by atoms with Gasteiger partial charge >= 0.3 is 0 Å². The smallest absolute Gasteiger partial charge is 0.165 e. The molecule has 0 heterocycles. The van der Waals surface area contributed by atoms with Crippen molar-refractivity contribution in [2.24, 2.45) is 0 Å². The van der Waals surface area contributed by atoms with Crippen molar-refractivity contribution in [1.82, 2.24) is 0 Å². The third-order valence-corrected chi connectivity index (χ3v) is 3.62. The Labute approximate surface area is 125 Å². The minimum absolute atomic E-state index is 0.0343. The highest BCUT2D eigenvalue weighted by Crippen LogP contribution is 2.41. The Hall–Kier alpha value is -2.36. The lowest BCUT2D eigenvalue weighted by atomic mass is 10.0. The van der Waals surface area contributed by atoms with Crippen molar-refractivity contribution in [2.45, 2.75) is 13.8 Å². The maximum absolute atomic E-state index is 10.3. The molecule has 2 aromatic rings. The highest BCUT2D eigenvalue weighted by atomic mass is 16.5. The molecule has 0 aromatic heterocycles. The summed E-state index contributed by atoms with van der Waals surface area (Å²) in [5, 5.41) is 20.4. The number of anilines is 1. The maximum atomic E-state index is 10.3. The quantitative estimate of drug-likeness (QED) is 0.882. The number of aromatic hydroxyl groups is 2. The zero-order chi connectivity index (χ0) is 15.4. The predicted octanol–water partition coefficient (Wildman–Crippen LogP) is 3.62. The number of hydrogen-bond acceptors (Lipinski definition) is 4. The van der Waals surface area contributed by atoms with Crippen LogP contribution in [0.5, 0.6) is 17.2 Å². The Morgan fingerprint density at radius 2 is 1.71 bits per heavy atom. The first-order chi connectivity index (χ1) is 10.1. The van der Waals surface area contributed by atoms with Crippen LogP contribution in [0.1, 0.15) is 13.8 Å². The van der Waals surface area contributed by atoms with E-state index in [0.29, 0.717) is 16.9 Å². The molecule has 0 spiro atoms. The van der Waals surface area contributed by atoms with Crippen molar-refractivity contribution in [3.63, 3.8) is 0 Å². The Bertz CT molecular complexity index is 621. The number of benzene rings is 2. The van der Waals surface area contributed by atoms with E-state index >= 15 is 0 Å². The molecule has 0 saturated carbocycles. The minimum Gasteiger partial charge on any atom is -0.507 e. The van der Waals surface area contributed by atoms with E-state index in [0.717, 1.165) is 18.8 Å². The molecular weight excluding hydrogens is 266 g/mol. The van der Waals surface area contributed by atoms with Gasteiger partial charge in [0.15, 0.2) is 11.5 Å². The number of para-hydroxylation sites is 1. The van der Waals surface area contributed by atoms with Crippen molar-refractivity contribution >= 4 is 5.69 Å². The van der Waals surface area contributed by atoms with Crippen LogP contribution in [-0.4, -0.2) is 30.4 Å². The van der Waals surface area contributed by atoms with E-state index < -0.39 is 0 Å². The summed E-state index contributed by atoms with van der Waals surface area (Å²) in [4.78, 5) is 2.18. The summed E-state index contributed by atoms with van der Waals surface area (Å²) < 4.78 is 5.12. The van der Waals surface area contributed by atoms with Gasteiger partial charge in [-0.15, -0.1) is 0 Å². The lowest BCUT2D eigenvalue weighted by Crippen LogP contribution is -2.21. The first kappa shape index (κ1) is 15.0. The zero-order valence-corrected chi connectivity index (χ0v) is 12.6. The van der Waals surface area contributed by atoms with Gasteiger partial charge in [-0.2, -0.15) is 0 Å². The third-order valence-electron chi connectivity index (χ3n) is 3.62. The van der Waals surface area contributed by atoms with Crippen molar-refractivity contribution in [3.05, 3.63) is 36.4 Å². The molecule has 0 bridgehead atoms. The zero-order valence-electron chi connectivity index (χ0n) is 12.6. The van der Waals surface area contributed by atoms with Crippen LogP contribution in [0.4, 0.5) is 5.69 Å². The Balaban J connectivity index is 2.56. The summed E-state index contributed by atoms with van der Waals surface area (Å²) in [5.74, 6) is 0.557. The van der Waals surface area contributed by atoms with Gasteiger partial charge in [-0.3, -0.25) is 0 Å². The highest BCUT2D eigenvalue weighted by molar-refractivity contribution is 5.80. The van der Waals surface area contributed by atoms with Crippen LogP contribution in [0.3, 0.4) is 0 Å². The molecule has 0 aliphatic carbocycles. The summed E-state index contributed by atoms with van der Waals surface area (Å²) in [6.45, 7) is 5.92. The van der Waals surface area contributed by atoms with Gasteiger partial charge in [0.05, 0.1) is 7.11 Å². The number of hydrogen-bond donors (Lipinski definition) is 2. The third kappa shape index (κ3) is 2.89. The van der Waals surface area contributed by atoms with Crippen LogP contribution < -0.4 is 9.64 Å². The fraction of sp³-hybridized carbons (Fsp3) is 0.294. The lowest BCUT2D eigenvalue weighted by Gasteiger charge is -2.22. The number of methoxy groups -OCH3 is 1. The predicted molar refractivity (Wildman–Crippen MR) is 85.3 cm³/mol. The number of phenolic OH excluding ortho intramolecular Hbond substituents is 2. The minimum atomic E-state index is 0.0343. The summed E-state index contributed by atoms with van der Waals surface area (Å²) in [5.41, 5.74) is 2.16. The topological polar surface area (TPSA) is 52.9 Å². The molecule has 2 aromatic carbocycles. The van der Waals surface area contributed by atoms with E-state index in [1.54, 1.807) is 24.3 Å². The van der Waals surface area contributed by atoms with E-state index in [-0.39, 0.29) is 11.5 Å². The van der Waals surface area contributed by atoms with Gasteiger partial charge in [0.1, 0.15) is 5.75 Å². The van der Waals surface area contributed by atoms with Crippen molar-refractivity contribution < 1.29 is 14.9 Å². The summed E-state index contributed by atoms with van der Waals surface area (Å²) in [7, 11) is 1.50. The van der Waals surface area contributed by atoms with E-state index in [4.69, 9.17) is 4.74 Å². The average Bonchev–Trinajstić information content (AvgIpc) is 2.50. The molecule has 0 aliphatic rings. The number of nitrogens with zero attached hydrogens (tertiary/aromatic N) is 1. The van der Waals surface area contributed by atoms with E-state index in [1.807, 2.05) is 12.1 Å². The van der Waals surface area contributed by atoms with Crippen LogP contribution in [0.25, 0.3) is 11.1 Å². The molecule has 0 radical (unpaired) electrons. The van der Waals surface area contributed by atoms with E-state index in [1.165, 1.54) is 7.11 Å². The first-order valence-electron chi connectivity index (χ1n) is 7.06. The standard InChI is InChI=1S/C17H21NO3/c1-4-18(5-2)12-9-10-15(19)14(11-12)13-7-6-8-16(21-3)17(13)20/h6-11,19-20H,4-5H2,1-3H3. The number of ether oxygens (including phenoxy) is 1. The largest absolute Gasteiger partial charge is 0.507 e. The van der Waals surface area contributed by atoms with Gasteiger partial charge < -0.3 is 19.8 Å². The normalized spacial score (nSPS) is 10.4. The summed E-state index contributed by atoms with van der Waals surface area (Å²) in [6, 6.07) is 10.7. The molecule has 112 valence electrons. The van der Waals surface area contributed by atoms with Gasteiger partial charge in [-0.1, -0.05) is 12.1 Å². The second-order valence-corrected chi connectivity index (χ2v) is 4.73. The van der Waals surface area contributed by atoms with Gasteiger partial charge in [0.2, 0.25) is 0 Å². The summed E-state index contributed by atoms with van der Waals surface area (Å²) in [6.07, 6.45) is 0. The molecule has 21 heavy (non-hydrogen) atoms. The maximum Gasteiger partial charge on any atom is 0.165 e. The van der Waals surface area contributed by atoms with Crippen molar-refractivity contribution in [3.8, 4) is 28.4 Å². The number of rotatable bonds is 5. The Morgan fingerprint density at radius 1 is 1.00 bits per heavy atom. The molecule has 0 amide bonds. The first-order valence-corrected chi connectivity index (χ1v) is 7.06. The van der Waals surface area contributed by atoms with E-state index in [2.05, 4.69) is 18.7 Å². The average molecular weight is 287 g/mol. The monoisotopic (exact) mass is 287 g/mol. The SMILES string of the molecule is CCN(CC)c1ccc(O)c(-c2cccc(OC)c2O)c1. The van der Waals surface area contributed by atoms with Gasteiger partial charge in [0.25, 0.3) is 0 Å². The molecule has 0 atom stereocenters. The molecule has 4 heteroatoms. The lowest BCUT2D eigenvalue weighted by molar-refractivity contribution is 0.374. The molecule has 4 nitrogen and oxygen atoms in total. The van der Waals surface area contributed by atoms with Crippen LogP contribution in [0, 0.1) is 0 Å². The fourth-order valence-corrected chi connectivity index (χ4v) is 2.43. The second kappa shape index (κ2) is 6.39. The van der Waals surface area contributed by atoms with E-state index in [9.17, 15) is 10.2 Å². The highest BCUT2D eigenvalue weighted by Gasteiger charge is 2.14. The molecule has 0 saturated heterocycles. The molecule has 0 unspecified atom stereocenters. The van der Waals surface area contributed by atoms with Crippen molar-refractivity contribution in [2.75, 3.05) is 25.1 Å². The molecular formula is C17H21NO3. The van der Waals surface area contributed by atoms with Crippen molar-refractivity contribution in [1.29, 1.82) is 0 Å². The van der Waals surface area contributed by atoms with Crippen LogP contribution in [0.2, 0.25) is 0 Å². The molecule has 0 fully saturated rings. The molecule has 2 N–H and O–H groups in total.